The molecule has 14 heteroatoms. The van der Waals surface area contributed by atoms with E-state index in [2.05, 4.69) is 25.9 Å². The first-order valence-electron chi connectivity index (χ1n) is 19.7. The summed E-state index contributed by atoms with van der Waals surface area (Å²) in [7, 11) is 3.01. The number of likely N-dealkylation sites (N-methyl/N-ethyl adjacent to an activating group) is 1. The van der Waals surface area contributed by atoms with Gasteiger partial charge in [0.05, 0.1) is 35.1 Å². The molecule has 0 aliphatic heterocycles. The molecule has 0 spiro atoms. The van der Waals surface area contributed by atoms with Gasteiger partial charge in [-0.2, -0.15) is 0 Å². The molecule has 0 aliphatic rings. The lowest BCUT2D eigenvalue weighted by molar-refractivity contribution is -0.131. The molecule has 5 amide bonds. The lowest BCUT2D eigenvalue weighted by atomic mass is 9.84. The topological polar surface area (TPSA) is 177 Å². The largest absolute Gasteiger partial charge is 0.465 e. The average molecular weight is 814 g/mol. The number of carbonyl (C=O) groups is 4. The zero-order valence-electron chi connectivity index (χ0n) is 34.8. The van der Waals surface area contributed by atoms with Gasteiger partial charge in [-0.3, -0.25) is 19.5 Å². The molecule has 312 valence electrons. The highest BCUT2D eigenvalue weighted by Crippen LogP contribution is 2.26. The molecular formula is C44H59N7O6S. The highest BCUT2D eigenvalue weighted by Gasteiger charge is 2.39. The van der Waals surface area contributed by atoms with E-state index >= 15 is 0 Å². The Morgan fingerprint density at radius 2 is 1.52 bits per heavy atom. The summed E-state index contributed by atoms with van der Waals surface area (Å²) in [5.41, 5.74) is 3.43. The molecule has 1 unspecified atom stereocenters. The maximum absolute atomic E-state index is 14.2. The van der Waals surface area contributed by atoms with Crippen molar-refractivity contribution in [1.82, 2.24) is 35.7 Å². The summed E-state index contributed by atoms with van der Waals surface area (Å²) in [6.07, 6.45) is 0.510. The number of urea groups is 1. The number of aryl methyl sites for hydroxylation is 1. The molecule has 13 nitrogen and oxygen atoms in total. The van der Waals surface area contributed by atoms with Gasteiger partial charge in [0, 0.05) is 37.3 Å². The van der Waals surface area contributed by atoms with Gasteiger partial charge in [-0.25, -0.2) is 14.6 Å². The number of aliphatic hydroxyl groups excluding tert-OH is 1. The van der Waals surface area contributed by atoms with Gasteiger partial charge in [0.15, 0.2) is 0 Å². The Labute approximate surface area is 346 Å². The Balaban J connectivity index is 1.62. The molecule has 0 radical (unpaired) electrons. The normalized spacial score (nSPS) is 14.6. The summed E-state index contributed by atoms with van der Waals surface area (Å²) < 4.78 is 0. The molecule has 0 fully saturated rings. The highest BCUT2D eigenvalue weighted by molar-refractivity contribution is 7.09. The van der Waals surface area contributed by atoms with E-state index < -0.39 is 59.6 Å². The van der Waals surface area contributed by atoms with E-state index in [0.717, 1.165) is 38.0 Å². The number of hydrogen-bond acceptors (Lipinski definition) is 8. The number of rotatable bonds is 18. The zero-order chi connectivity index (χ0) is 42.6. The summed E-state index contributed by atoms with van der Waals surface area (Å²) in [6, 6.07) is 19.1. The van der Waals surface area contributed by atoms with Crippen molar-refractivity contribution in [2.24, 2.45) is 11.3 Å². The third-order valence-electron chi connectivity index (χ3n) is 10.3. The fourth-order valence-electron chi connectivity index (χ4n) is 6.98. The van der Waals surface area contributed by atoms with Crippen LogP contribution in [-0.4, -0.2) is 98.3 Å². The van der Waals surface area contributed by atoms with E-state index in [0.29, 0.717) is 12.8 Å². The monoisotopic (exact) mass is 813 g/mol. The van der Waals surface area contributed by atoms with Crippen LogP contribution in [0.5, 0.6) is 0 Å². The van der Waals surface area contributed by atoms with E-state index in [1.54, 1.807) is 34.0 Å². The van der Waals surface area contributed by atoms with Crippen molar-refractivity contribution >= 4 is 35.3 Å². The van der Waals surface area contributed by atoms with Crippen LogP contribution in [0.4, 0.5) is 9.59 Å². The number of nitrogens with one attached hydrogen (secondary N) is 3. The predicted octanol–water partition coefficient (Wildman–Crippen LogP) is 6.30. The first kappa shape index (κ1) is 45.4. The summed E-state index contributed by atoms with van der Waals surface area (Å²) >= 11 is 1.50. The number of carboxylic acid groups (broad SMARTS) is 1. The van der Waals surface area contributed by atoms with Crippen LogP contribution in [0.3, 0.4) is 0 Å². The smallest absolute Gasteiger partial charge is 0.407 e. The van der Waals surface area contributed by atoms with Crippen molar-refractivity contribution in [3.8, 4) is 11.3 Å². The number of aliphatic hydroxyl groups is 1. The van der Waals surface area contributed by atoms with Gasteiger partial charge < -0.3 is 31.1 Å². The minimum absolute atomic E-state index is 0.0385. The van der Waals surface area contributed by atoms with Gasteiger partial charge in [0.25, 0.3) is 0 Å². The maximum Gasteiger partial charge on any atom is 0.407 e. The molecular weight excluding hydrogens is 755 g/mol. The van der Waals surface area contributed by atoms with E-state index in [4.69, 9.17) is 0 Å². The minimum atomic E-state index is -1.25. The van der Waals surface area contributed by atoms with Crippen LogP contribution in [-0.2, 0) is 29.0 Å². The number of aromatic nitrogens is 2. The SMILES string of the molecule is CCC(C)[C@H](NC(=O)N(C)Cc1csc(C)n1)C(=O)N[C@@H](Cc1ccccc1)C[C@H](O)[C@H](Cc1ccc(-c2ccccn2)cc1)NC(=O)[C@@H](N(C)C(=O)O)C(C)(C)C. The van der Waals surface area contributed by atoms with Crippen LogP contribution in [0.15, 0.2) is 84.4 Å². The fraction of sp³-hybridized carbons (Fsp3) is 0.455. The molecule has 0 bridgehead atoms. The van der Waals surface area contributed by atoms with Crippen molar-refractivity contribution < 1.29 is 29.4 Å². The quantitative estimate of drug-likeness (QED) is 0.0778. The van der Waals surface area contributed by atoms with Gasteiger partial charge in [0.2, 0.25) is 11.8 Å². The van der Waals surface area contributed by atoms with E-state index in [-0.39, 0.29) is 25.3 Å². The Hall–Kier alpha value is -5.34. The van der Waals surface area contributed by atoms with Gasteiger partial charge in [-0.15, -0.1) is 11.3 Å². The molecule has 0 aliphatic carbocycles. The fourth-order valence-corrected chi connectivity index (χ4v) is 7.59. The van der Waals surface area contributed by atoms with E-state index in [1.807, 2.05) is 98.9 Å². The van der Waals surface area contributed by atoms with Crippen molar-refractivity contribution in [2.75, 3.05) is 14.1 Å². The summed E-state index contributed by atoms with van der Waals surface area (Å²) in [4.78, 5) is 65.1. The molecule has 4 aromatic rings. The van der Waals surface area contributed by atoms with Gasteiger partial charge in [0.1, 0.15) is 12.1 Å². The summed E-state index contributed by atoms with van der Waals surface area (Å²) in [6.45, 7) is 11.4. The van der Waals surface area contributed by atoms with Crippen molar-refractivity contribution in [2.45, 2.75) is 104 Å². The number of amides is 5. The Bertz CT molecular complexity index is 1940. The van der Waals surface area contributed by atoms with Gasteiger partial charge in [-0.05, 0) is 60.8 Å². The molecule has 2 heterocycles. The molecule has 2 aromatic heterocycles. The number of nitrogens with zero attached hydrogens (tertiary/aromatic N) is 4. The second kappa shape index (κ2) is 20.9. The summed E-state index contributed by atoms with van der Waals surface area (Å²) in [5.74, 6) is -1.16. The summed E-state index contributed by atoms with van der Waals surface area (Å²) in [5, 5.41) is 33.9. The predicted molar refractivity (Wildman–Crippen MR) is 227 cm³/mol. The lowest BCUT2D eigenvalue weighted by Gasteiger charge is -2.37. The molecule has 0 saturated carbocycles. The number of thiazole rings is 1. The Morgan fingerprint density at radius 3 is 2.09 bits per heavy atom. The second-order valence-electron chi connectivity index (χ2n) is 16.1. The molecule has 6 atom stereocenters. The van der Waals surface area contributed by atoms with Crippen LogP contribution in [0, 0.1) is 18.3 Å². The number of pyridine rings is 1. The molecule has 4 rings (SSSR count). The van der Waals surface area contributed by atoms with Gasteiger partial charge in [-0.1, -0.05) is 102 Å². The average Bonchev–Trinajstić information content (AvgIpc) is 3.60. The van der Waals surface area contributed by atoms with Crippen LogP contribution in [0.25, 0.3) is 11.3 Å². The highest BCUT2D eigenvalue weighted by atomic mass is 32.1. The van der Waals surface area contributed by atoms with Crippen LogP contribution in [0.1, 0.15) is 69.3 Å². The molecule has 2 aromatic carbocycles. The first-order valence-corrected chi connectivity index (χ1v) is 20.6. The first-order chi connectivity index (χ1) is 27.5. The van der Waals surface area contributed by atoms with E-state index in [9.17, 15) is 29.4 Å². The maximum atomic E-state index is 14.2. The molecule has 5 N–H and O–H groups in total. The third kappa shape index (κ3) is 13.1. The van der Waals surface area contributed by atoms with Crippen LogP contribution < -0.4 is 16.0 Å². The second-order valence-corrected chi connectivity index (χ2v) is 17.2. The number of carbonyl (C=O) groups excluding carboxylic acids is 3. The van der Waals surface area contributed by atoms with Crippen molar-refractivity contribution in [1.29, 1.82) is 0 Å². The Kier molecular flexibility index (Phi) is 16.3. The standard InChI is InChI=1S/C44H59N7O6S/c1-9-28(2)38(49-42(55)50(7)26-34-27-58-29(3)46-34)40(53)47-33(23-30-15-11-10-12-16-30)25-37(52)36(48-41(54)39(44(4,5)6)51(8)43(56)57)24-31-18-20-32(21-19-31)35-17-13-14-22-45-35/h10-22,27-28,33,36-39,52H,9,23-26H2,1-8H3,(H,47,53)(H,48,54)(H,49,55)(H,56,57)/t28?,33-,36-,37-,38-,39+/m0/s1. The lowest BCUT2D eigenvalue weighted by Crippen LogP contribution is -2.58. The van der Waals surface area contributed by atoms with E-state index in [1.165, 1.54) is 23.3 Å². The number of hydrogen-bond donors (Lipinski definition) is 5. The van der Waals surface area contributed by atoms with Gasteiger partial charge >= 0.3 is 12.1 Å². The number of benzene rings is 2. The zero-order valence-corrected chi connectivity index (χ0v) is 35.6. The molecule has 0 saturated heterocycles. The minimum Gasteiger partial charge on any atom is -0.465 e. The third-order valence-corrected chi connectivity index (χ3v) is 11.1. The van der Waals surface area contributed by atoms with Crippen LogP contribution in [0.2, 0.25) is 0 Å². The van der Waals surface area contributed by atoms with Crippen molar-refractivity contribution in [3.63, 3.8) is 0 Å². The van der Waals surface area contributed by atoms with Crippen molar-refractivity contribution in [3.05, 3.63) is 106 Å². The molecule has 58 heavy (non-hydrogen) atoms. The Morgan fingerprint density at radius 1 is 0.862 bits per heavy atom. The van der Waals surface area contributed by atoms with Crippen LogP contribution >= 0.6 is 11.3 Å².